The molecule has 0 amide bonds. The Kier molecular flexibility index (Phi) is 6.31. The molecule has 0 saturated heterocycles. The van der Waals surface area contributed by atoms with Crippen LogP contribution in [0.4, 0.5) is 0 Å². The maximum atomic E-state index is 6.37. The molecule has 1 N–H and O–H groups in total. The molecule has 0 aliphatic rings. The monoisotopic (exact) mass is 283 g/mol. The lowest BCUT2D eigenvalue weighted by Crippen LogP contribution is -2.27. The summed E-state index contributed by atoms with van der Waals surface area (Å²) in [5, 5.41) is 4.36. The van der Waals surface area contributed by atoms with E-state index in [0.717, 1.165) is 24.4 Å². The van der Waals surface area contributed by atoms with Gasteiger partial charge in [-0.1, -0.05) is 30.7 Å². The summed E-state index contributed by atoms with van der Waals surface area (Å²) in [5.41, 5.74) is 2.28. The van der Waals surface area contributed by atoms with E-state index in [1.54, 1.807) is 7.11 Å². The highest BCUT2D eigenvalue weighted by Crippen LogP contribution is 2.29. The highest BCUT2D eigenvalue weighted by atomic mass is 35.5. The van der Waals surface area contributed by atoms with E-state index in [1.807, 2.05) is 6.07 Å². The first kappa shape index (κ1) is 16.5. The second-order valence-electron chi connectivity index (χ2n) is 5.64. The van der Waals surface area contributed by atoms with Gasteiger partial charge in [0, 0.05) is 18.2 Å². The van der Waals surface area contributed by atoms with Gasteiger partial charge in [0.05, 0.1) is 5.60 Å². The molecule has 0 saturated carbocycles. The Morgan fingerprint density at radius 1 is 1.37 bits per heavy atom. The quantitative estimate of drug-likeness (QED) is 0.795. The fraction of sp³-hybridized carbons (Fsp3) is 0.625. The first-order chi connectivity index (χ1) is 8.89. The van der Waals surface area contributed by atoms with E-state index < -0.39 is 0 Å². The Hall–Kier alpha value is -0.570. The van der Waals surface area contributed by atoms with E-state index in [9.17, 15) is 0 Å². The lowest BCUT2D eigenvalue weighted by atomic mass is 9.94. The molecule has 2 nitrogen and oxygen atoms in total. The zero-order valence-corrected chi connectivity index (χ0v) is 13.5. The highest BCUT2D eigenvalue weighted by molar-refractivity contribution is 6.31. The smallest absolute Gasteiger partial charge is 0.0623 e. The van der Waals surface area contributed by atoms with Gasteiger partial charge in [0.1, 0.15) is 0 Å². The van der Waals surface area contributed by atoms with Gasteiger partial charge in [0.25, 0.3) is 0 Å². The Balaban J connectivity index is 2.82. The zero-order valence-electron chi connectivity index (χ0n) is 12.7. The van der Waals surface area contributed by atoms with E-state index in [1.165, 1.54) is 11.1 Å². The summed E-state index contributed by atoms with van der Waals surface area (Å²) in [6.45, 7) is 9.35. The molecule has 0 spiro atoms. The van der Waals surface area contributed by atoms with Crippen LogP contribution in [0.5, 0.6) is 0 Å². The lowest BCUT2D eigenvalue weighted by Gasteiger charge is -2.27. The zero-order chi connectivity index (χ0) is 14.5. The Morgan fingerprint density at radius 2 is 2.05 bits per heavy atom. The number of ether oxygens (including phenoxy) is 1. The third-order valence-electron chi connectivity index (χ3n) is 3.57. The molecule has 0 fully saturated rings. The predicted octanol–water partition coefficient (Wildman–Crippen LogP) is 4.50. The summed E-state index contributed by atoms with van der Waals surface area (Å²) in [7, 11) is 1.76. The van der Waals surface area contributed by atoms with Crippen LogP contribution in [-0.2, 0) is 4.74 Å². The third kappa shape index (κ3) is 5.13. The van der Waals surface area contributed by atoms with Crippen LogP contribution in [0, 0.1) is 6.92 Å². The fourth-order valence-electron chi connectivity index (χ4n) is 2.12. The maximum absolute atomic E-state index is 6.37. The molecule has 1 aromatic carbocycles. The van der Waals surface area contributed by atoms with Crippen LogP contribution in [0.3, 0.4) is 0 Å². The highest BCUT2D eigenvalue weighted by Gasteiger charge is 2.21. The topological polar surface area (TPSA) is 21.3 Å². The van der Waals surface area contributed by atoms with Crippen molar-refractivity contribution in [3.05, 3.63) is 34.3 Å². The van der Waals surface area contributed by atoms with Crippen LogP contribution in [0.25, 0.3) is 0 Å². The minimum atomic E-state index is -0.0924. The number of aryl methyl sites for hydroxylation is 1. The Labute approximate surface area is 122 Å². The molecule has 0 aromatic heterocycles. The summed E-state index contributed by atoms with van der Waals surface area (Å²) < 4.78 is 5.49. The molecule has 0 radical (unpaired) electrons. The average Bonchev–Trinajstić information content (AvgIpc) is 2.35. The molecule has 1 aromatic rings. The summed E-state index contributed by atoms with van der Waals surface area (Å²) in [4.78, 5) is 0. The predicted molar refractivity (Wildman–Crippen MR) is 82.9 cm³/mol. The number of benzene rings is 1. The van der Waals surface area contributed by atoms with Gasteiger partial charge in [-0.2, -0.15) is 0 Å². The molecule has 1 unspecified atom stereocenters. The van der Waals surface area contributed by atoms with Gasteiger partial charge < -0.3 is 10.1 Å². The van der Waals surface area contributed by atoms with Crippen molar-refractivity contribution in [1.82, 2.24) is 5.32 Å². The molecule has 0 aliphatic carbocycles. The van der Waals surface area contributed by atoms with Crippen molar-refractivity contribution in [2.75, 3.05) is 13.7 Å². The van der Waals surface area contributed by atoms with Crippen molar-refractivity contribution < 1.29 is 4.74 Å². The minimum Gasteiger partial charge on any atom is -0.379 e. The van der Waals surface area contributed by atoms with Crippen molar-refractivity contribution in [2.45, 2.75) is 52.2 Å². The van der Waals surface area contributed by atoms with Crippen LogP contribution in [0.1, 0.15) is 50.8 Å². The molecule has 0 aliphatic heterocycles. The van der Waals surface area contributed by atoms with Gasteiger partial charge in [-0.3, -0.25) is 0 Å². The van der Waals surface area contributed by atoms with Crippen LogP contribution < -0.4 is 5.32 Å². The van der Waals surface area contributed by atoms with Gasteiger partial charge in [-0.05, 0) is 57.4 Å². The first-order valence-corrected chi connectivity index (χ1v) is 7.32. The molecular weight excluding hydrogens is 258 g/mol. The van der Waals surface area contributed by atoms with E-state index in [0.29, 0.717) is 0 Å². The van der Waals surface area contributed by atoms with Crippen molar-refractivity contribution in [2.24, 2.45) is 0 Å². The number of rotatable bonds is 7. The van der Waals surface area contributed by atoms with Crippen LogP contribution in [0.15, 0.2) is 18.2 Å². The Morgan fingerprint density at radius 3 is 2.58 bits per heavy atom. The van der Waals surface area contributed by atoms with Gasteiger partial charge in [0.15, 0.2) is 0 Å². The Bertz CT molecular complexity index is 404. The van der Waals surface area contributed by atoms with Crippen molar-refractivity contribution in [1.29, 1.82) is 0 Å². The van der Waals surface area contributed by atoms with Crippen LogP contribution in [0.2, 0.25) is 5.02 Å². The largest absolute Gasteiger partial charge is 0.379 e. The van der Waals surface area contributed by atoms with E-state index in [2.05, 4.69) is 45.1 Å². The lowest BCUT2D eigenvalue weighted by molar-refractivity contribution is 0.0117. The minimum absolute atomic E-state index is 0.0924. The molecular formula is C16H26ClNO. The van der Waals surface area contributed by atoms with E-state index in [4.69, 9.17) is 16.3 Å². The molecule has 1 atom stereocenters. The summed E-state index contributed by atoms with van der Waals surface area (Å²) in [6, 6.07) is 6.56. The van der Waals surface area contributed by atoms with Gasteiger partial charge in [0.2, 0.25) is 0 Å². The number of methoxy groups -OCH3 is 1. The SMILES string of the molecule is CCNC(CCC(C)(C)OC)c1ccc(C)cc1Cl. The number of hydrogen-bond acceptors (Lipinski definition) is 2. The molecule has 0 bridgehead atoms. The average molecular weight is 284 g/mol. The van der Waals surface area contributed by atoms with E-state index in [-0.39, 0.29) is 11.6 Å². The third-order valence-corrected chi connectivity index (χ3v) is 3.90. The van der Waals surface area contributed by atoms with Gasteiger partial charge in [-0.25, -0.2) is 0 Å². The second-order valence-corrected chi connectivity index (χ2v) is 6.04. The molecule has 0 heterocycles. The first-order valence-electron chi connectivity index (χ1n) is 6.94. The van der Waals surface area contributed by atoms with Crippen LogP contribution in [-0.4, -0.2) is 19.3 Å². The summed E-state index contributed by atoms with van der Waals surface area (Å²) >= 11 is 6.37. The number of hydrogen-bond donors (Lipinski definition) is 1. The molecule has 108 valence electrons. The summed E-state index contributed by atoms with van der Waals surface area (Å²) in [6.07, 6.45) is 2.00. The fourth-order valence-corrected chi connectivity index (χ4v) is 2.49. The summed E-state index contributed by atoms with van der Waals surface area (Å²) in [5.74, 6) is 0. The number of nitrogens with one attached hydrogen (secondary N) is 1. The van der Waals surface area contributed by atoms with Crippen molar-refractivity contribution in [3.8, 4) is 0 Å². The standard InChI is InChI=1S/C16H26ClNO/c1-6-18-15(9-10-16(3,4)19-5)13-8-7-12(2)11-14(13)17/h7-8,11,15,18H,6,9-10H2,1-5H3. The van der Waals surface area contributed by atoms with E-state index >= 15 is 0 Å². The maximum Gasteiger partial charge on any atom is 0.0623 e. The van der Waals surface area contributed by atoms with Gasteiger partial charge >= 0.3 is 0 Å². The normalized spacial score (nSPS) is 13.6. The molecule has 3 heteroatoms. The van der Waals surface area contributed by atoms with Crippen LogP contribution >= 0.6 is 11.6 Å². The second kappa shape index (κ2) is 7.28. The van der Waals surface area contributed by atoms with Crippen molar-refractivity contribution >= 4 is 11.6 Å². The van der Waals surface area contributed by atoms with Crippen molar-refractivity contribution in [3.63, 3.8) is 0 Å². The molecule has 1 rings (SSSR count). The van der Waals surface area contributed by atoms with Gasteiger partial charge in [-0.15, -0.1) is 0 Å². The molecule has 19 heavy (non-hydrogen) atoms. The number of halogens is 1.